The van der Waals surface area contributed by atoms with Crippen LogP contribution in [0.5, 0.6) is 0 Å². The van der Waals surface area contributed by atoms with Crippen molar-refractivity contribution in [2.24, 2.45) is 59.0 Å². The van der Waals surface area contributed by atoms with Crippen LogP contribution in [0.15, 0.2) is 54.6 Å². The second-order valence-electron chi connectivity index (χ2n) is 24.5. The molecule has 11 atom stereocenters. The van der Waals surface area contributed by atoms with E-state index >= 15 is 0 Å². The van der Waals surface area contributed by atoms with Gasteiger partial charge in [-0.2, -0.15) is 0 Å². The van der Waals surface area contributed by atoms with Gasteiger partial charge in [0.25, 0.3) is 0 Å². The number of benzene rings is 2. The fourth-order valence-electron chi connectivity index (χ4n) is 11.9. The standard InChI is InChI=1S/C65H104N8O15/c1-14-43(8)59(55(84-12)38-56(77)73-30-19-23-51(73)60(85-13)44(9)52(74)36-48(63(80)81)34-45-20-16-15-17-21-45)71(10)62(79)50(40(2)3)37-54(76)58(42(6)7)72(11)65(83)87-39-46-24-26-49(27-25-46)70-61(78)47(22-18-28-69-64(66)82)35-53(75)57(41(4)5)68-29-31-86-32-33-88-67/h15-17,20-21,24-27,40-44,47-48,50-51,55,57-60,68H,14,18-19,22-23,28-39,67H2,1-13H3,(H,70,78)(H,80,81)(H3,66,69,82)/t43-,44-,47+,48+,50-,51-,55+,57-,58-,59-,60+/m0/s1. The lowest BCUT2D eigenvalue weighted by Gasteiger charge is -2.41. The number of Topliss-reactive ketones (excluding diaryl/α,β-unsaturated/α-hetero) is 3. The molecule has 0 aromatic heterocycles. The maximum Gasteiger partial charge on any atom is 0.410 e. The molecule has 23 heteroatoms. The molecule has 3 rings (SSSR count). The molecule has 6 amide bonds. The predicted octanol–water partition coefficient (Wildman–Crippen LogP) is 6.82. The number of anilines is 1. The monoisotopic (exact) mass is 1240 g/mol. The number of carboxylic acids is 1. The topological polar surface area (TPSA) is 318 Å². The normalized spacial score (nSPS) is 16.8. The van der Waals surface area contributed by atoms with Crippen molar-refractivity contribution in [2.75, 3.05) is 73.1 Å². The molecule has 2 aromatic carbocycles. The molecule has 0 saturated carbocycles. The molecular formula is C65H104N8O15. The zero-order chi connectivity index (χ0) is 65.8. The number of nitrogens with two attached hydrogens (primary N) is 2. The molecule has 88 heavy (non-hydrogen) atoms. The minimum absolute atomic E-state index is 0.0626. The Labute approximate surface area is 521 Å². The third-order valence-electron chi connectivity index (χ3n) is 17.1. The molecule has 2 aromatic rings. The number of hydrogen-bond donors (Lipinski definition) is 6. The number of aliphatic carboxylic acids is 1. The average Bonchev–Trinajstić information content (AvgIpc) is 2.72. The number of methoxy groups -OCH3 is 2. The van der Waals surface area contributed by atoms with E-state index in [0.717, 1.165) is 5.56 Å². The zero-order valence-corrected chi connectivity index (χ0v) is 54.5. The van der Waals surface area contributed by atoms with Gasteiger partial charge in [-0.3, -0.25) is 33.6 Å². The maximum absolute atomic E-state index is 14.9. The first-order valence-electron chi connectivity index (χ1n) is 31.1. The summed E-state index contributed by atoms with van der Waals surface area (Å²) >= 11 is 0. The van der Waals surface area contributed by atoms with Gasteiger partial charge in [0, 0.05) is 90.7 Å². The fourth-order valence-corrected chi connectivity index (χ4v) is 11.9. The van der Waals surface area contributed by atoms with Crippen LogP contribution in [-0.2, 0) is 70.4 Å². The molecule has 0 bridgehead atoms. The Morgan fingerprint density at radius 2 is 1.40 bits per heavy atom. The molecule has 0 spiro atoms. The van der Waals surface area contributed by atoms with Gasteiger partial charge >= 0.3 is 18.1 Å². The van der Waals surface area contributed by atoms with Crippen molar-refractivity contribution < 1.29 is 72.0 Å². The molecule has 0 radical (unpaired) electrons. The lowest BCUT2D eigenvalue weighted by molar-refractivity contribution is -0.149. The summed E-state index contributed by atoms with van der Waals surface area (Å²) in [4.78, 5) is 132. The molecule has 0 aliphatic carbocycles. The van der Waals surface area contributed by atoms with Gasteiger partial charge in [-0.1, -0.05) is 111 Å². The minimum Gasteiger partial charge on any atom is -0.481 e. The fraction of sp³-hybridized carbons (Fsp3) is 0.677. The molecule has 1 fully saturated rings. The van der Waals surface area contributed by atoms with Crippen LogP contribution < -0.4 is 27.6 Å². The number of ketones is 3. The number of rotatable bonds is 42. The van der Waals surface area contributed by atoms with E-state index in [-0.39, 0.29) is 111 Å². The van der Waals surface area contributed by atoms with Gasteiger partial charge < -0.3 is 65.3 Å². The molecule has 1 saturated heterocycles. The van der Waals surface area contributed by atoms with E-state index in [2.05, 4.69) is 20.8 Å². The van der Waals surface area contributed by atoms with Crippen LogP contribution >= 0.6 is 0 Å². The van der Waals surface area contributed by atoms with Crippen LogP contribution in [0.25, 0.3) is 0 Å². The Morgan fingerprint density at radius 1 is 0.739 bits per heavy atom. The van der Waals surface area contributed by atoms with E-state index < -0.39 is 84.0 Å². The lowest BCUT2D eigenvalue weighted by Crippen LogP contribution is -2.54. The van der Waals surface area contributed by atoms with Crippen LogP contribution in [0.3, 0.4) is 0 Å². The highest BCUT2D eigenvalue weighted by molar-refractivity contribution is 5.97. The van der Waals surface area contributed by atoms with Crippen LogP contribution in [0.4, 0.5) is 15.3 Å². The molecular weight excluding hydrogens is 1130 g/mol. The minimum atomic E-state index is -1.06. The number of carbonyl (C=O) groups excluding carboxylic acids is 8. The van der Waals surface area contributed by atoms with Gasteiger partial charge in [0.05, 0.1) is 68.5 Å². The summed E-state index contributed by atoms with van der Waals surface area (Å²) in [6.45, 7) is 18.6. The van der Waals surface area contributed by atoms with E-state index in [1.54, 1.807) is 48.0 Å². The summed E-state index contributed by atoms with van der Waals surface area (Å²) in [6, 6.07) is 12.6. The van der Waals surface area contributed by atoms with Crippen LogP contribution in [0, 0.1) is 47.3 Å². The molecule has 0 unspecified atom stereocenters. The average molecular weight is 1240 g/mol. The van der Waals surface area contributed by atoms with Crippen molar-refractivity contribution in [3.05, 3.63) is 65.7 Å². The highest BCUT2D eigenvalue weighted by Gasteiger charge is 2.44. The molecule has 494 valence electrons. The third-order valence-corrected chi connectivity index (χ3v) is 17.1. The third kappa shape index (κ3) is 23.9. The van der Waals surface area contributed by atoms with Crippen molar-refractivity contribution in [1.82, 2.24) is 25.3 Å². The van der Waals surface area contributed by atoms with Crippen LogP contribution in [0.2, 0.25) is 0 Å². The smallest absolute Gasteiger partial charge is 0.410 e. The summed E-state index contributed by atoms with van der Waals surface area (Å²) in [5.41, 5.74) is 7.09. The Kier molecular flexibility index (Phi) is 33.5. The van der Waals surface area contributed by atoms with Crippen molar-refractivity contribution in [3.8, 4) is 0 Å². The number of carboxylic acid groups (broad SMARTS) is 1. The number of urea groups is 1. The Morgan fingerprint density at radius 3 is 1.97 bits per heavy atom. The van der Waals surface area contributed by atoms with Gasteiger partial charge in [-0.05, 0) is 79.0 Å². The Hall–Kier alpha value is -6.37. The Balaban J connectivity index is 1.70. The van der Waals surface area contributed by atoms with Crippen molar-refractivity contribution >= 4 is 58.9 Å². The number of hydrogen-bond acceptors (Lipinski definition) is 16. The summed E-state index contributed by atoms with van der Waals surface area (Å²) in [5, 5.41) is 18.7. The number of ether oxygens (including phenoxy) is 4. The van der Waals surface area contributed by atoms with Crippen molar-refractivity contribution in [1.29, 1.82) is 0 Å². The van der Waals surface area contributed by atoms with E-state index in [0.29, 0.717) is 63.2 Å². The molecule has 1 aliphatic rings. The summed E-state index contributed by atoms with van der Waals surface area (Å²) in [6.07, 6.45) is 0.0245. The first kappa shape index (κ1) is 75.9. The van der Waals surface area contributed by atoms with E-state index in [1.165, 1.54) is 26.2 Å². The highest BCUT2D eigenvalue weighted by Crippen LogP contribution is 2.32. The van der Waals surface area contributed by atoms with E-state index in [9.17, 15) is 48.3 Å². The van der Waals surface area contributed by atoms with Gasteiger partial charge in [-0.25, -0.2) is 15.5 Å². The predicted molar refractivity (Wildman–Crippen MR) is 334 cm³/mol. The van der Waals surface area contributed by atoms with Gasteiger partial charge in [0.1, 0.15) is 12.4 Å². The summed E-state index contributed by atoms with van der Waals surface area (Å²) in [7, 11) is 6.16. The number of carbonyl (C=O) groups is 9. The first-order chi connectivity index (χ1) is 41.7. The number of amides is 6. The summed E-state index contributed by atoms with van der Waals surface area (Å²) in [5.74, 6) is -1.78. The van der Waals surface area contributed by atoms with E-state index in [1.807, 2.05) is 85.7 Å². The number of nitrogens with one attached hydrogen (secondary N) is 3. The number of likely N-dealkylation sites (N-methyl/N-ethyl adjacent to an activating group) is 2. The quantitative estimate of drug-likeness (QED) is 0.0293. The SMILES string of the molecule is CC[C@H](C)[C@@H]([C@@H](CC(=O)N1CCC[C@H]1[C@H](OC)[C@@H](C)C(=O)C[C@@H](Cc1ccccc1)C(=O)O)OC)N(C)C(=O)[C@@H](CC(=O)[C@H](C(C)C)N(C)C(=O)OCc1ccc(NC(=O)[C@H](CCCNC(N)=O)CC(=O)[C@@H](NCCOCCON)C(C)C)cc1)C(C)C. The van der Waals surface area contributed by atoms with Gasteiger partial charge in [-0.15, -0.1) is 0 Å². The van der Waals surface area contributed by atoms with Gasteiger partial charge in [0.2, 0.25) is 17.7 Å². The second-order valence-corrected chi connectivity index (χ2v) is 24.5. The molecule has 8 N–H and O–H groups in total. The number of likely N-dealkylation sites (tertiary alicyclic amines) is 1. The van der Waals surface area contributed by atoms with Crippen molar-refractivity contribution in [2.45, 2.75) is 170 Å². The highest BCUT2D eigenvalue weighted by atomic mass is 16.6. The number of nitrogens with zero attached hydrogens (tertiary/aromatic N) is 3. The number of primary amides is 1. The van der Waals surface area contributed by atoms with Crippen LogP contribution in [-0.4, -0.2) is 177 Å². The van der Waals surface area contributed by atoms with Crippen molar-refractivity contribution in [3.63, 3.8) is 0 Å². The second kappa shape index (κ2) is 38.9. The molecule has 1 heterocycles. The summed E-state index contributed by atoms with van der Waals surface area (Å²) < 4.78 is 23.2. The molecule has 1 aliphatic heterocycles. The van der Waals surface area contributed by atoms with Gasteiger partial charge in [0.15, 0.2) is 11.6 Å². The zero-order valence-electron chi connectivity index (χ0n) is 54.5. The molecule has 23 nitrogen and oxygen atoms in total. The first-order valence-corrected chi connectivity index (χ1v) is 31.1. The Bertz CT molecular complexity index is 2520. The van der Waals surface area contributed by atoms with E-state index in [4.69, 9.17) is 30.6 Å². The van der Waals surface area contributed by atoms with Crippen LogP contribution in [0.1, 0.15) is 131 Å². The largest absolute Gasteiger partial charge is 0.481 e. The maximum atomic E-state index is 14.9. The lowest BCUT2D eigenvalue weighted by atomic mass is 9.83.